The fraction of sp³-hybridized carbons (Fsp3) is 0.480. The lowest BCUT2D eigenvalue weighted by Gasteiger charge is -2.33. The van der Waals surface area contributed by atoms with Crippen molar-refractivity contribution in [2.45, 2.75) is 61.6 Å². The number of rotatable bonds is 7. The summed E-state index contributed by atoms with van der Waals surface area (Å²) in [7, 11) is -3.31. The maximum absolute atomic E-state index is 13.3. The van der Waals surface area contributed by atoms with Crippen LogP contribution in [0.25, 0.3) is 0 Å². The van der Waals surface area contributed by atoms with E-state index in [4.69, 9.17) is 11.6 Å². The van der Waals surface area contributed by atoms with Crippen LogP contribution in [0.1, 0.15) is 64.9 Å². The van der Waals surface area contributed by atoms with Crippen LogP contribution in [-0.2, 0) is 22.9 Å². The Morgan fingerprint density at radius 2 is 1.71 bits per heavy atom. The Balaban J connectivity index is 1.30. The van der Waals surface area contributed by atoms with E-state index in [1.165, 1.54) is 16.7 Å². The number of sulfone groups is 1. The van der Waals surface area contributed by atoms with Crippen molar-refractivity contribution in [3.05, 3.63) is 68.6 Å². The summed E-state index contributed by atoms with van der Waals surface area (Å²) < 4.78 is 27.0. The summed E-state index contributed by atoms with van der Waals surface area (Å²) in [5.41, 5.74) is 0.466. The summed E-state index contributed by atoms with van der Waals surface area (Å²) >= 11 is 5.88. The number of pyridine rings is 1. The molecule has 0 bridgehead atoms. The normalized spacial score (nSPS) is 19.5. The predicted octanol–water partition coefficient (Wildman–Crippen LogP) is 2.78. The monoisotopic (exact) mass is 517 g/mol. The first-order chi connectivity index (χ1) is 16.7. The van der Waals surface area contributed by atoms with Crippen LogP contribution in [0.15, 0.2) is 41.2 Å². The third-order valence-corrected chi connectivity index (χ3v) is 10.9. The van der Waals surface area contributed by atoms with E-state index >= 15 is 0 Å². The highest BCUT2D eigenvalue weighted by Crippen LogP contribution is 2.48. The molecule has 2 aromatic rings. The highest BCUT2D eigenvalue weighted by atomic mass is 35.5. The van der Waals surface area contributed by atoms with E-state index in [0.717, 1.165) is 18.4 Å². The minimum Gasteiger partial charge on any atom is -0.348 e. The van der Waals surface area contributed by atoms with Gasteiger partial charge in [0.25, 0.3) is 17.4 Å². The zero-order valence-electron chi connectivity index (χ0n) is 19.3. The third-order valence-electron chi connectivity index (χ3n) is 7.52. The van der Waals surface area contributed by atoms with Crippen LogP contribution in [-0.4, -0.2) is 52.8 Å². The predicted molar refractivity (Wildman–Crippen MR) is 132 cm³/mol. The Hall–Kier alpha value is -2.65. The minimum absolute atomic E-state index is 0.0357. The summed E-state index contributed by atoms with van der Waals surface area (Å²) in [5.74, 6) is -0.885. The molecule has 1 aromatic heterocycles. The molecule has 2 amide bonds. The van der Waals surface area contributed by atoms with Gasteiger partial charge >= 0.3 is 0 Å². The van der Waals surface area contributed by atoms with Gasteiger partial charge in [-0.2, -0.15) is 0 Å². The third kappa shape index (κ3) is 4.40. The second-order valence-corrected chi connectivity index (χ2v) is 12.8. The fourth-order valence-corrected chi connectivity index (χ4v) is 8.04. The average molecular weight is 518 g/mol. The number of aromatic nitrogens is 1. The number of hydrogen-bond acceptors (Lipinski definition) is 5. The standard InChI is InChI=1S/C25H28ClN3O5S/c26-18-7-5-17(6-8-18)15-27-22(30)20-9-10-21-24(32)28(13-14-29(21)23(20)31)16-25(11-12-25)35(33,34)19-3-1-2-4-19/h5-10,19H,1-4,11-16H2,(H,27,30). The van der Waals surface area contributed by atoms with Crippen molar-refractivity contribution < 1.29 is 18.0 Å². The van der Waals surface area contributed by atoms with Gasteiger partial charge in [-0.3, -0.25) is 14.4 Å². The van der Waals surface area contributed by atoms with Crippen LogP contribution < -0.4 is 10.9 Å². The molecule has 1 aromatic carbocycles. The second kappa shape index (κ2) is 9.09. The van der Waals surface area contributed by atoms with Crippen LogP contribution >= 0.6 is 11.6 Å². The van der Waals surface area contributed by atoms with E-state index in [1.54, 1.807) is 29.2 Å². The Morgan fingerprint density at radius 1 is 1.03 bits per heavy atom. The summed E-state index contributed by atoms with van der Waals surface area (Å²) in [6.45, 7) is 0.866. The van der Waals surface area contributed by atoms with E-state index < -0.39 is 26.1 Å². The lowest BCUT2D eigenvalue weighted by atomic mass is 10.1. The van der Waals surface area contributed by atoms with Crippen molar-refractivity contribution in [1.82, 2.24) is 14.8 Å². The largest absolute Gasteiger partial charge is 0.348 e. The lowest BCUT2D eigenvalue weighted by molar-refractivity contribution is 0.0694. The molecule has 0 saturated heterocycles. The van der Waals surface area contributed by atoms with Crippen molar-refractivity contribution in [3.8, 4) is 0 Å². The van der Waals surface area contributed by atoms with Gasteiger partial charge in [-0.15, -0.1) is 0 Å². The van der Waals surface area contributed by atoms with E-state index in [9.17, 15) is 22.8 Å². The van der Waals surface area contributed by atoms with Crippen molar-refractivity contribution in [3.63, 3.8) is 0 Å². The highest BCUT2D eigenvalue weighted by molar-refractivity contribution is 7.93. The van der Waals surface area contributed by atoms with E-state index in [2.05, 4.69) is 5.32 Å². The van der Waals surface area contributed by atoms with E-state index in [1.807, 2.05) is 0 Å². The van der Waals surface area contributed by atoms with Gasteiger partial charge in [0.2, 0.25) is 0 Å². The number of amides is 2. The van der Waals surface area contributed by atoms with Crippen LogP contribution in [0.2, 0.25) is 5.02 Å². The molecule has 2 saturated carbocycles. The molecule has 2 aliphatic carbocycles. The number of fused-ring (bicyclic) bond motifs is 1. The molecule has 1 aliphatic heterocycles. The van der Waals surface area contributed by atoms with Gasteiger partial charge in [0.05, 0.1) is 10.00 Å². The van der Waals surface area contributed by atoms with E-state index in [-0.39, 0.29) is 48.6 Å². The van der Waals surface area contributed by atoms with Gasteiger partial charge in [-0.1, -0.05) is 36.6 Å². The number of hydrogen-bond donors (Lipinski definition) is 1. The maximum Gasteiger partial charge on any atom is 0.270 e. The van der Waals surface area contributed by atoms with E-state index in [0.29, 0.717) is 30.7 Å². The molecule has 186 valence electrons. The van der Waals surface area contributed by atoms with Crippen LogP contribution in [0.5, 0.6) is 0 Å². The summed E-state index contributed by atoms with van der Waals surface area (Å²) in [4.78, 5) is 40.4. The topological polar surface area (TPSA) is 106 Å². The molecule has 8 nitrogen and oxygen atoms in total. The Bertz CT molecular complexity index is 1330. The molecule has 1 N–H and O–H groups in total. The van der Waals surface area contributed by atoms with Crippen molar-refractivity contribution in [2.24, 2.45) is 0 Å². The number of nitrogens with zero attached hydrogens (tertiary/aromatic N) is 2. The second-order valence-electron chi connectivity index (χ2n) is 9.76. The summed E-state index contributed by atoms with van der Waals surface area (Å²) in [6.07, 6.45) is 4.45. The molecule has 5 rings (SSSR count). The first kappa shape index (κ1) is 24.1. The molecule has 3 aliphatic rings. The zero-order valence-corrected chi connectivity index (χ0v) is 20.9. The molecule has 0 spiro atoms. The smallest absolute Gasteiger partial charge is 0.270 e. The van der Waals surface area contributed by atoms with Gasteiger partial charge in [0.15, 0.2) is 9.84 Å². The Kier molecular flexibility index (Phi) is 6.25. The van der Waals surface area contributed by atoms with Gasteiger partial charge in [-0.25, -0.2) is 8.42 Å². The van der Waals surface area contributed by atoms with Crippen molar-refractivity contribution in [2.75, 3.05) is 13.1 Å². The van der Waals surface area contributed by atoms with Crippen molar-refractivity contribution >= 4 is 33.3 Å². The van der Waals surface area contributed by atoms with Gasteiger partial charge in [0.1, 0.15) is 11.3 Å². The first-order valence-corrected chi connectivity index (χ1v) is 13.9. The molecule has 2 heterocycles. The van der Waals surface area contributed by atoms with Crippen LogP contribution in [0.4, 0.5) is 0 Å². The maximum atomic E-state index is 13.3. The fourth-order valence-electron chi connectivity index (χ4n) is 5.25. The minimum atomic E-state index is -3.31. The molecule has 35 heavy (non-hydrogen) atoms. The quantitative estimate of drug-likeness (QED) is 0.608. The zero-order chi connectivity index (χ0) is 24.8. The first-order valence-electron chi connectivity index (χ1n) is 12.0. The molecule has 2 fully saturated rings. The molecule has 0 radical (unpaired) electrons. The molecular weight excluding hydrogens is 490 g/mol. The van der Waals surface area contributed by atoms with Gasteiger partial charge < -0.3 is 14.8 Å². The number of nitrogens with one attached hydrogen (secondary N) is 1. The molecule has 0 unspecified atom stereocenters. The Labute approximate surface area is 209 Å². The van der Waals surface area contributed by atoms with Crippen LogP contribution in [0, 0.1) is 0 Å². The SMILES string of the molecule is O=C(NCc1ccc(Cl)cc1)c1ccc2n(c1=O)CCN(CC1(S(=O)(=O)C3CCCC3)CC1)C2=O. The summed E-state index contributed by atoms with van der Waals surface area (Å²) in [6, 6.07) is 9.87. The Morgan fingerprint density at radius 3 is 2.37 bits per heavy atom. The molecular formula is C25H28ClN3O5S. The average Bonchev–Trinajstić information content (AvgIpc) is 3.42. The number of carbonyl (C=O) groups excluding carboxylic acids is 2. The number of halogens is 1. The van der Waals surface area contributed by atoms with Crippen molar-refractivity contribution in [1.29, 1.82) is 0 Å². The number of benzene rings is 1. The lowest BCUT2D eigenvalue weighted by Crippen LogP contribution is -2.50. The molecule has 0 atom stereocenters. The molecule has 10 heteroatoms. The highest BCUT2D eigenvalue weighted by Gasteiger charge is 2.58. The van der Waals surface area contributed by atoms with Gasteiger partial charge in [0, 0.05) is 31.2 Å². The van der Waals surface area contributed by atoms with Crippen LogP contribution in [0.3, 0.4) is 0 Å². The summed E-state index contributed by atoms with van der Waals surface area (Å²) in [5, 5.41) is 3.02. The van der Waals surface area contributed by atoms with Gasteiger partial charge in [-0.05, 0) is 55.5 Å². The number of carbonyl (C=O) groups is 2.